The fraction of sp³-hybridized carbons (Fsp3) is 0.593. The summed E-state index contributed by atoms with van der Waals surface area (Å²) in [7, 11) is -2.94. The highest BCUT2D eigenvalue weighted by molar-refractivity contribution is 7.51. The fourth-order valence-electron chi connectivity index (χ4n) is 4.58. The van der Waals surface area contributed by atoms with Crippen LogP contribution in [0.25, 0.3) is 5.69 Å². The average Bonchev–Trinajstić information content (AvgIpc) is 3.27. The Morgan fingerprint density at radius 2 is 1.98 bits per heavy atom. The number of benzene rings is 1. The molecule has 3 rings (SSSR count). The van der Waals surface area contributed by atoms with Crippen LogP contribution in [0.2, 0.25) is 0 Å². The lowest BCUT2D eigenvalue weighted by atomic mass is 9.79. The molecular formula is C27H35F3N4O5S. The lowest BCUT2D eigenvalue weighted by molar-refractivity contribution is -0.211. The Kier molecular flexibility index (Phi) is 9.49. The van der Waals surface area contributed by atoms with E-state index in [0.717, 1.165) is 26.7 Å². The molecule has 1 amide bonds. The van der Waals surface area contributed by atoms with E-state index in [2.05, 4.69) is 17.2 Å². The Hall–Kier alpha value is -3.24. The molecule has 40 heavy (non-hydrogen) atoms. The van der Waals surface area contributed by atoms with E-state index in [9.17, 15) is 28.3 Å². The summed E-state index contributed by atoms with van der Waals surface area (Å²) in [5.41, 5.74) is -3.35. The van der Waals surface area contributed by atoms with Crippen molar-refractivity contribution in [1.82, 2.24) is 14.9 Å². The summed E-state index contributed by atoms with van der Waals surface area (Å²) in [5, 5.41) is 23.5. The minimum absolute atomic E-state index is 0.0190. The van der Waals surface area contributed by atoms with Crippen molar-refractivity contribution < 1.29 is 40.3 Å². The first-order chi connectivity index (χ1) is 19.8. The van der Waals surface area contributed by atoms with Crippen molar-refractivity contribution in [3.05, 3.63) is 41.0 Å². The molecular weight excluding hydrogens is 549 g/mol. The monoisotopic (exact) mass is 587 g/mol. The molecule has 0 unspecified atom stereocenters. The molecule has 0 atom stereocenters. The molecule has 9 nitrogen and oxygen atoms in total. The maximum absolute atomic E-state index is 13.5. The number of aliphatic hydroxyl groups is 1. The molecule has 13 heteroatoms. The zero-order valence-electron chi connectivity index (χ0n) is 25.7. The average molecular weight is 588 g/mol. The topological polar surface area (TPSA) is 134 Å². The van der Waals surface area contributed by atoms with Gasteiger partial charge in [0.25, 0.3) is 5.91 Å². The molecule has 0 aliphatic heterocycles. The van der Waals surface area contributed by atoms with Gasteiger partial charge in [0.1, 0.15) is 17.6 Å². The number of rotatable bonds is 8. The number of hydrogen-bond acceptors (Lipinski definition) is 7. The van der Waals surface area contributed by atoms with Crippen LogP contribution in [0.4, 0.5) is 13.2 Å². The predicted octanol–water partition coefficient (Wildman–Crippen LogP) is 4.45. The van der Waals surface area contributed by atoms with Crippen LogP contribution in [-0.2, 0) is 24.4 Å². The van der Waals surface area contributed by atoms with E-state index in [1.807, 2.05) is 6.07 Å². The second-order valence-electron chi connectivity index (χ2n) is 10.6. The summed E-state index contributed by atoms with van der Waals surface area (Å²) in [4.78, 5) is 17.5. The number of nitriles is 1. The van der Waals surface area contributed by atoms with Crippen LogP contribution in [0.5, 0.6) is 5.75 Å². The highest BCUT2D eigenvalue weighted by Crippen LogP contribution is 2.41. The van der Waals surface area contributed by atoms with Crippen molar-refractivity contribution in [3.8, 4) is 17.5 Å². The molecule has 1 fully saturated rings. The van der Waals surface area contributed by atoms with Crippen LogP contribution in [0.15, 0.2) is 18.2 Å². The molecule has 220 valence electrons. The number of halogens is 3. The Bertz CT molecular complexity index is 1380. The lowest BCUT2D eigenvalue weighted by Gasteiger charge is -2.34. The number of methoxy groups -OCH3 is 1. The zero-order chi connectivity index (χ0) is 32.8. The van der Waals surface area contributed by atoms with Gasteiger partial charge >= 0.3 is 17.7 Å². The van der Waals surface area contributed by atoms with E-state index in [4.69, 9.17) is 17.3 Å². The van der Waals surface area contributed by atoms with E-state index in [1.54, 1.807) is 6.92 Å². The van der Waals surface area contributed by atoms with E-state index < -0.39 is 48.1 Å². The second kappa shape index (κ2) is 13.4. The van der Waals surface area contributed by atoms with Gasteiger partial charge in [-0.25, -0.2) is 4.98 Å². The molecule has 0 radical (unpaired) electrons. The van der Waals surface area contributed by atoms with Gasteiger partial charge in [-0.15, -0.1) is 0 Å². The predicted molar refractivity (Wildman–Crippen MR) is 142 cm³/mol. The van der Waals surface area contributed by atoms with Crippen molar-refractivity contribution in [3.63, 3.8) is 0 Å². The SMILES string of the molecule is O=S=O.[2H]C([2H])([2H])Oc1cc(CC(C)(C)C(F)(F)F)ccc1-n1c(CC)nc(C(=O)NCC2(O)CCC(C)CC2)c1C#N. The van der Waals surface area contributed by atoms with Gasteiger partial charge in [-0.05, 0) is 55.7 Å². The van der Waals surface area contributed by atoms with Gasteiger partial charge < -0.3 is 15.2 Å². The van der Waals surface area contributed by atoms with Gasteiger partial charge in [0.05, 0.1) is 27.9 Å². The summed E-state index contributed by atoms with van der Waals surface area (Å²) in [6.45, 7) is 5.88. The number of nitrogens with zero attached hydrogens (tertiary/aromatic N) is 3. The Balaban J connectivity index is 0.00000206. The highest BCUT2D eigenvalue weighted by atomic mass is 32.1. The minimum atomic E-state index is -4.50. The molecule has 1 aromatic carbocycles. The Morgan fingerprint density at radius 3 is 2.50 bits per heavy atom. The molecule has 1 aliphatic carbocycles. The van der Waals surface area contributed by atoms with Gasteiger partial charge in [0.15, 0.2) is 11.4 Å². The van der Waals surface area contributed by atoms with Gasteiger partial charge in [-0.1, -0.05) is 33.8 Å². The van der Waals surface area contributed by atoms with Crippen LogP contribution in [0, 0.1) is 22.7 Å². The summed E-state index contributed by atoms with van der Waals surface area (Å²) < 4.78 is 86.3. The zero-order valence-corrected chi connectivity index (χ0v) is 23.5. The van der Waals surface area contributed by atoms with E-state index >= 15 is 0 Å². The summed E-state index contributed by atoms with van der Waals surface area (Å²) in [5.74, 6) is -0.234. The van der Waals surface area contributed by atoms with Gasteiger partial charge in [-0.3, -0.25) is 9.36 Å². The number of hydrogen-bond donors (Lipinski definition) is 2. The first kappa shape index (κ1) is 28.3. The number of ether oxygens (including phenoxy) is 1. The standard InChI is InChI=1S/C27H35F3N4O3.O2S/c1-6-22-33-23(24(35)32-16-26(36)11-9-17(2)10-12-26)20(15-31)34(22)19-8-7-18(13-21(19)37-5)14-25(3,4)27(28,29)30;1-3-2/h7-8,13,17,36H,6,9-12,14,16H2,1-5H3,(H,32,35);/i5D3;. The smallest absolute Gasteiger partial charge is 0.394 e. The summed E-state index contributed by atoms with van der Waals surface area (Å²) >= 11 is -0.750. The quantitative estimate of drug-likeness (QED) is 0.466. The summed E-state index contributed by atoms with van der Waals surface area (Å²) in [6.07, 6.45) is -2.00. The number of nitrogens with one attached hydrogen (secondary N) is 1. The molecule has 0 saturated heterocycles. The molecule has 0 spiro atoms. The van der Waals surface area contributed by atoms with Crippen LogP contribution in [0.3, 0.4) is 0 Å². The number of carbonyl (C=O) groups is 1. The second-order valence-corrected chi connectivity index (χ2v) is 10.8. The third-order valence-electron chi connectivity index (χ3n) is 7.16. The molecule has 1 aliphatic rings. The molecule has 2 aromatic rings. The fourth-order valence-corrected chi connectivity index (χ4v) is 4.58. The third-order valence-corrected chi connectivity index (χ3v) is 7.16. The molecule has 1 aromatic heterocycles. The number of amides is 1. The van der Waals surface area contributed by atoms with Crippen LogP contribution >= 0.6 is 0 Å². The van der Waals surface area contributed by atoms with E-state index in [1.165, 1.54) is 22.8 Å². The number of carbonyl (C=O) groups excluding carboxylic acids is 1. The minimum Gasteiger partial charge on any atom is -0.495 e. The molecule has 0 bridgehead atoms. The van der Waals surface area contributed by atoms with E-state index in [0.29, 0.717) is 18.8 Å². The van der Waals surface area contributed by atoms with Crippen LogP contribution in [-0.4, -0.2) is 54.3 Å². The maximum Gasteiger partial charge on any atom is 0.394 e. The number of imidazole rings is 1. The first-order valence-corrected chi connectivity index (χ1v) is 13.3. The highest BCUT2D eigenvalue weighted by Gasteiger charge is 2.47. The molecule has 1 heterocycles. The molecule has 1 saturated carbocycles. The Morgan fingerprint density at radius 1 is 1.35 bits per heavy atom. The lowest BCUT2D eigenvalue weighted by Crippen LogP contribution is -2.45. The molecule has 2 N–H and O–H groups in total. The Labute approximate surface area is 239 Å². The van der Waals surface area contributed by atoms with Crippen LogP contribution in [0.1, 0.15) is 85.1 Å². The van der Waals surface area contributed by atoms with Crippen molar-refractivity contribution in [2.45, 2.75) is 78.0 Å². The number of aryl methyl sites for hydroxylation is 1. The first-order valence-electron chi connectivity index (χ1n) is 14.1. The normalized spacial score (nSPS) is 20.6. The van der Waals surface area contributed by atoms with E-state index in [-0.39, 0.29) is 47.2 Å². The summed E-state index contributed by atoms with van der Waals surface area (Å²) in [6, 6.07) is 5.91. The largest absolute Gasteiger partial charge is 0.495 e. The van der Waals surface area contributed by atoms with Gasteiger partial charge in [-0.2, -0.15) is 26.9 Å². The number of aromatic nitrogens is 2. The van der Waals surface area contributed by atoms with Crippen molar-refractivity contribution >= 4 is 17.5 Å². The van der Waals surface area contributed by atoms with Crippen molar-refractivity contribution in [1.29, 1.82) is 5.26 Å². The maximum atomic E-state index is 13.5. The van der Waals surface area contributed by atoms with Gasteiger partial charge in [0.2, 0.25) is 0 Å². The third kappa shape index (κ3) is 7.69. The van der Waals surface area contributed by atoms with Gasteiger partial charge in [0, 0.05) is 13.0 Å². The van der Waals surface area contributed by atoms with Crippen LogP contribution < -0.4 is 10.1 Å². The van der Waals surface area contributed by atoms with Crippen molar-refractivity contribution in [2.24, 2.45) is 11.3 Å². The van der Waals surface area contributed by atoms with Crippen molar-refractivity contribution in [2.75, 3.05) is 13.6 Å². The number of alkyl halides is 3.